The van der Waals surface area contributed by atoms with Gasteiger partial charge in [-0.3, -0.25) is 4.79 Å². The number of benzene rings is 2. The first-order valence-electron chi connectivity index (χ1n) is 8.97. The summed E-state index contributed by atoms with van der Waals surface area (Å²) in [6, 6.07) is 20.1. The molecule has 0 aliphatic rings. The molecule has 0 saturated heterocycles. The van der Waals surface area contributed by atoms with E-state index in [9.17, 15) is 4.79 Å². The maximum atomic E-state index is 12.3. The Bertz CT molecular complexity index is 841. The fourth-order valence-electron chi connectivity index (χ4n) is 2.87. The maximum absolute atomic E-state index is 12.3. The number of carbonyl (C=O) groups is 1. The Kier molecular flexibility index (Phi) is 5.84. The van der Waals surface area contributed by atoms with Gasteiger partial charge in [0.05, 0.1) is 12.1 Å². The van der Waals surface area contributed by atoms with Crippen LogP contribution in [0.15, 0.2) is 65.1 Å². The van der Waals surface area contributed by atoms with Crippen molar-refractivity contribution in [2.45, 2.75) is 39.2 Å². The van der Waals surface area contributed by atoms with Crippen molar-refractivity contribution < 1.29 is 9.21 Å². The molecule has 1 atom stereocenters. The molecule has 3 rings (SSSR count). The van der Waals surface area contributed by atoms with Crippen molar-refractivity contribution in [3.05, 3.63) is 77.7 Å². The number of hydrogen-bond acceptors (Lipinski definition) is 3. The molecule has 1 aromatic heterocycles. The lowest BCUT2D eigenvalue weighted by Gasteiger charge is -2.13. The smallest absolute Gasteiger partial charge is 0.226 e. The monoisotopic (exact) mass is 348 g/mol. The Morgan fingerprint density at radius 2 is 1.73 bits per heavy atom. The molecule has 2 aromatic carbocycles. The van der Waals surface area contributed by atoms with Crippen LogP contribution in [0, 0.1) is 6.92 Å². The van der Waals surface area contributed by atoms with Crippen LogP contribution in [0.5, 0.6) is 0 Å². The molecule has 1 amide bonds. The summed E-state index contributed by atoms with van der Waals surface area (Å²) in [7, 11) is 0. The van der Waals surface area contributed by atoms with Gasteiger partial charge in [-0.25, -0.2) is 4.98 Å². The highest BCUT2D eigenvalue weighted by Gasteiger charge is 2.15. The normalized spacial score (nSPS) is 11.9. The average Bonchev–Trinajstić information content (AvgIpc) is 3.02. The first-order chi connectivity index (χ1) is 12.6. The maximum Gasteiger partial charge on any atom is 0.226 e. The van der Waals surface area contributed by atoms with Gasteiger partial charge < -0.3 is 9.73 Å². The molecule has 0 fully saturated rings. The summed E-state index contributed by atoms with van der Waals surface area (Å²) in [4.78, 5) is 16.8. The zero-order valence-electron chi connectivity index (χ0n) is 15.2. The van der Waals surface area contributed by atoms with E-state index in [1.165, 1.54) is 5.56 Å². The Morgan fingerprint density at radius 3 is 2.42 bits per heavy atom. The summed E-state index contributed by atoms with van der Waals surface area (Å²) in [5.74, 6) is 1.22. The second-order valence-electron chi connectivity index (χ2n) is 6.56. The van der Waals surface area contributed by atoms with E-state index in [2.05, 4.69) is 22.4 Å². The molecule has 1 unspecified atom stereocenters. The van der Waals surface area contributed by atoms with Gasteiger partial charge in [-0.1, -0.05) is 48.5 Å². The number of hydrogen-bond donors (Lipinski definition) is 1. The summed E-state index contributed by atoms with van der Waals surface area (Å²) >= 11 is 0. The zero-order chi connectivity index (χ0) is 18.4. The Hall–Kier alpha value is -2.88. The number of aryl methyl sites for hydroxylation is 2. The highest BCUT2D eigenvalue weighted by Crippen LogP contribution is 2.21. The number of carbonyl (C=O) groups excluding carboxylic acids is 1. The van der Waals surface area contributed by atoms with Crippen molar-refractivity contribution in [1.82, 2.24) is 10.3 Å². The van der Waals surface area contributed by atoms with Crippen molar-refractivity contribution in [3.8, 4) is 11.5 Å². The average molecular weight is 348 g/mol. The van der Waals surface area contributed by atoms with Gasteiger partial charge >= 0.3 is 0 Å². The second-order valence-corrected chi connectivity index (χ2v) is 6.56. The summed E-state index contributed by atoms with van der Waals surface area (Å²) in [6.45, 7) is 3.88. The molecule has 1 heterocycles. The lowest BCUT2D eigenvalue weighted by Crippen LogP contribution is -2.34. The third-order valence-corrected chi connectivity index (χ3v) is 4.36. The predicted molar refractivity (Wildman–Crippen MR) is 103 cm³/mol. The largest absolute Gasteiger partial charge is 0.441 e. The summed E-state index contributed by atoms with van der Waals surface area (Å²) in [6.07, 6.45) is 2.09. The molecule has 0 aliphatic heterocycles. The lowest BCUT2D eigenvalue weighted by molar-refractivity contribution is -0.121. The number of aromatic nitrogens is 1. The fraction of sp³-hybridized carbons (Fsp3) is 0.273. The van der Waals surface area contributed by atoms with Gasteiger partial charge in [-0.15, -0.1) is 0 Å². The molecule has 0 saturated carbocycles. The quantitative estimate of drug-likeness (QED) is 0.691. The van der Waals surface area contributed by atoms with Crippen molar-refractivity contribution in [2.75, 3.05) is 0 Å². The van der Waals surface area contributed by atoms with Crippen LogP contribution in [0.2, 0.25) is 0 Å². The molecule has 134 valence electrons. The molecule has 0 bridgehead atoms. The molecule has 0 aliphatic carbocycles. The van der Waals surface area contributed by atoms with Crippen molar-refractivity contribution in [2.24, 2.45) is 0 Å². The Balaban J connectivity index is 1.54. The molecule has 1 N–H and O–H groups in total. The van der Waals surface area contributed by atoms with Crippen LogP contribution in [-0.2, 0) is 17.6 Å². The van der Waals surface area contributed by atoms with Crippen LogP contribution in [0.4, 0.5) is 0 Å². The third-order valence-electron chi connectivity index (χ3n) is 4.36. The van der Waals surface area contributed by atoms with E-state index >= 15 is 0 Å². The molecule has 4 heteroatoms. The number of nitrogens with one attached hydrogen (secondary N) is 1. The Labute approximate surface area is 154 Å². The molecule has 26 heavy (non-hydrogen) atoms. The van der Waals surface area contributed by atoms with Crippen LogP contribution in [0.3, 0.4) is 0 Å². The van der Waals surface area contributed by atoms with Gasteiger partial charge in [0.15, 0.2) is 0 Å². The van der Waals surface area contributed by atoms with Gasteiger partial charge in [0.2, 0.25) is 11.8 Å². The molecule has 0 spiro atoms. The van der Waals surface area contributed by atoms with Crippen LogP contribution < -0.4 is 5.32 Å². The molecular weight excluding hydrogens is 324 g/mol. The fourth-order valence-corrected chi connectivity index (χ4v) is 2.87. The lowest BCUT2D eigenvalue weighted by atomic mass is 10.1. The first-order valence-corrected chi connectivity index (χ1v) is 8.97. The van der Waals surface area contributed by atoms with Gasteiger partial charge in [-0.2, -0.15) is 0 Å². The van der Waals surface area contributed by atoms with Crippen LogP contribution in [-0.4, -0.2) is 16.9 Å². The minimum absolute atomic E-state index is 0.0263. The molecule has 4 nitrogen and oxygen atoms in total. The van der Waals surface area contributed by atoms with Gasteiger partial charge in [-0.05, 0) is 44.4 Å². The molecule has 0 radical (unpaired) electrons. The first kappa shape index (κ1) is 17.9. The van der Waals surface area contributed by atoms with Gasteiger partial charge in [0.1, 0.15) is 5.76 Å². The van der Waals surface area contributed by atoms with E-state index in [0.29, 0.717) is 17.3 Å². The highest BCUT2D eigenvalue weighted by molar-refractivity contribution is 5.78. The van der Waals surface area contributed by atoms with E-state index < -0.39 is 0 Å². The number of amides is 1. The summed E-state index contributed by atoms with van der Waals surface area (Å²) < 4.78 is 5.72. The summed E-state index contributed by atoms with van der Waals surface area (Å²) in [5.41, 5.74) is 2.89. The summed E-state index contributed by atoms with van der Waals surface area (Å²) in [5, 5.41) is 3.05. The van der Waals surface area contributed by atoms with Crippen LogP contribution >= 0.6 is 0 Å². The number of nitrogens with zero attached hydrogens (tertiary/aromatic N) is 1. The van der Waals surface area contributed by atoms with E-state index in [1.54, 1.807) is 0 Å². The van der Waals surface area contributed by atoms with Crippen molar-refractivity contribution in [3.63, 3.8) is 0 Å². The number of oxazole rings is 1. The van der Waals surface area contributed by atoms with E-state index in [0.717, 1.165) is 18.4 Å². The van der Waals surface area contributed by atoms with Gasteiger partial charge in [0, 0.05) is 11.6 Å². The van der Waals surface area contributed by atoms with E-state index in [4.69, 9.17) is 4.42 Å². The SMILES string of the molecule is Cc1oc(-c2ccccc2)nc1CC(=O)NC(C)CCc1ccccc1. The van der Waals surface area contributed by atoms with Crippen LogP contribution in [0.1, 0.15) is 30.4 Å². The Morgan fingerprint density at radius 1 is 1.08 bits per heavy atom. The van der Waals surface area contributed by atoms with E-state index in [1.807, 2.05) is 62.4 Å². The van der Waals surface area contributed by atoms with Crippen LogP contribution in [0.25, 0.3) is 11.5 Å². The topological polar surface area (TPSA) is 55.1 Å². The molecular formula is C22H24N2O2. The zero-order valence-corrected chi connectivity index (χ0v) is 15.2. The standard InChI is InChI=1S/C22H24N2O2/c1-16(13-14-18-9-5-3-6-10-18)23-21(25)15-20-17(2)26-22(24-20)19-11-7-4-8-12-19/h3-12,16H,13-15H2,1-2H3,(H,23,25). The third kappa shape index (κ3) is 4.82. The minimum Gasteiger partial charge on any atom is -0.441 e. The van der Waals surface area contributed by atoms with Crippen molar-refractivity contribution in [1.29, 1.82) is 0 Å². The van der Waals surface area contributed by atoms with Gasteiger partial charge in [0.25, 0.3) is 0 Å². The van der Waals surface area contributed by atoms with Crippen molar-refractivity contribution >= 4 is 5.91 Å². The molecule has 3 aromatic rings. The number of rotatable bonds is 7. The predicted octanol–water partition coefficient (Wildman–Crippen LogP) is 4.33. The highest BCUT2D eigenvalue weighted by atomic mass is 16.4. The minimum atomic E-state index is -0.0263. The van der Waals surface area contributed by atoms with E-state index in [-0.39, 0.29) is 18.4 Å². The second kappa shape index (κ2) is 8.48.